The largest absolute Gasteiger partial charge is 0.347 e. The molecule has 1 unspecified atom stereocenters. The number of nitrogens with one attached hydrogen (secondary N) is 3. The van der Waals surface area contributed by atoms with Crippen LogP contribution < -0.4 is 15.4 Å². The van der Waals surface area contributed by atoms with E-state index in [1.807, 2.05) is 43.3 Å². The Balaban J connectivity index is 2.18. The smallest absolute Gasteiger partial charge is 0.240 e. The van der Waals surface area contributed by atoms with E-state index in [1.54, 1.807) is 26.1 Å². The molecule has 0 heterocycles. The maximum absolute atomic E-state index is 12.7. The zero-order valence-corrected chi connectivity index (χ0v) is 16.1. The number of likely N-dealkylation sites (N-methyl/N-ethyl adjacent to an activating group) is 1. The van der Waals surface area contributed by atoms with Crippen molar-refractivity contribution in [3.8, 4) is 0 Å². The summed E-state index contributed by atoms with van der Waals surface area (Å²) in [4.78, 5) is 12.2. The summed E-state index contributed by atoms with van der Waals surface area (Å²) < 4.78 is 28.0. The minimum atomic E-state index is -3.68. The predicted octanol–water partition coefficient (Wildman–Crippen LogP) is 1.66. The summed E-state index contributed by atoms with van der Waals surface area (Å²) >= 11 is 0. The normalized spacial score (nSPS) is 12.6. The topological polar surface area (TPSA) is 87.3 Å². The summed E-state index contributed by atoms with van der Waals surface area (Å²) in [6.07, 6.45) is 0. The number of carbonyl (C=O) groups is 1. The highest BCUT2D eigenvalue weighted by Crippen LogP contribution is 2.18. The molecule has 2 rings (SSSR count). The van der Waals surface area contributed by atoms with Crippen molar-refractivity contribution in [1.29, 1.82) is 0 Å². The fourth-order valence-electron chi connectivity index (χ4n) is 2.72. The standard InChI is InChI=1S/C19H25N3O3S/c1-14-9-10-18(15(2)11-14)26(24,25)21-12-17(22-19(23)13-20-3)16-7-5-4-6-8-16/h4-11,17,20-21H,12-13H2,1-3H3,(H,22,23). The second-order valence-electron chi connectivity index (χ2n) is 6.18. The van der Waals surface area contributed by atoms with Gasteiger partial charge < -0.3 is 10.6 Å². The van der Waals surface area contributed by atoms with Gasteiger partial charge in [-0.3, -0.25) is 4.79 Å². The lowest BCUT2D eigenvalue weighted by Gasteiger charge is -2.20. The van der Waals surface area contributed by atoms with Crippen molar-refractivity contribution in [3.05, 3.63) is 65.2 Å². The molecule has 0 spiro atoms. The fourth-order valence-corrected chi connectivity index (χ4v) is 3.99. The highest BCUT2D eigenvalue weighted by atomic mass is 32.2. The van der Waals surface area contributed by atoms with Crippen LogP contribution in [0.4, 0.5) is 0 Å². The van der Waals surface area contributed by atoms with Crippen LogP contribution in [0, 0.1) is 13.8 Å². The third-order valence-electron chi connectivity index (χ3n) is 3.97. The van der Waals surface area contributed by atoms with E-state index >= 15 is 0 Å². The Morgan fingerprint density at radius 2 is 1.77 bits per heavy atom. The average molecular weight is 375 g/mol. The van der Waals surface area contributed by atoms with Crippen molar-refractivity contribution < 1.29 is 13.2 Å². The van der Waals surface area contributed by atoms with Gasteiger partial charge in [0, 0.05) is 6.54 Å². The quantitative estimate of drug-likeness (QED) is 0.655. The zero-order valence-electron chi connectivity index (χ0n) is 15.2. The molecule has 0 fully saturated rings. The van der Waals surface area contributed by atoms with E-state index in [1.165, 1.54) is 0 Å². The van der Waals surface area contributed by atoms with Gasteiger partial charge in [-0.05, 0) is 38.1 Å². The number of amides is 1. The summed E-state index contributed by atoms with van der Waals surface area (Å²) in [5.74, 6) is -0.202. The van der Waals surface area contributed by atoms with E-state index in [9.17, 15) is 13.2 Å². The van der Waals surface area contributed by atoms with Gasteiger partial charge in [-0.15, -0.1) is 0 Å². The zero-order chi connectivity index (χ0) is 19.2. The minimum absolute atomic E-state index is 0.0646. The Bertz CT molecular complexity index is 852. The van der Waals surface area contributed by atoms with Gasteiger partial charge in [-0.25, -0.2) is 13.1 Å². The van der Waals surface area contributed by atoms with E-state index in [-0.39, 0.29) is 23.9 Å². The first-order valence-electron chi connectivity index (χ1n) is 8.39. The number of carbonyl (C=O) groups excluding carboxylic acids is 1. The number of benzene rings is 2. The molecular formula is C19H25N3O3S. The summed E-state index contributed by atoms with van der Waals surface area (Å²) in [6, 6.07) is 14.0. The first-order valence-corrected chi connectivity index (χ1v) is 9.87. The second-order valence-corrected chi connectivity index (χ2v) is 7.92. The van der Waals surface area contributed by atoms with Gasteiger partial charge in [-0.1, -0.05) is 48.0 Å². The Morgan fingerprint density at radius 1 is 1.08 bits per heavy atom. The van der Waals surface area contributed by atoms with Gasteiger partial charge in [-0.2, -0.15) is 0 Å². The van der Waals surface area contributed by atoms with Crippen LogP contribution in [0.3, 0.4) is 0 Å². The molecule has 0 aliphatic heterocycles. The molecule has 1 atom stereocenters. The highest BCUT2D eigenvalue weighted by Gasteiger charge is 2.21. The van der Waals surface area contributed by atoms with Crippen LogP contribution in [-0.4, -0.2) is 34.5 Å². The molecule has 0 saturated heterocycles. The van der Waals surface area contributed by atoms with Crippen molar-refractivity contribution in [2.45, 2.75) is 24.8 Å². The van der Waals surface area contributed by atoms with E-state index in [0.29, 0.717) is 5.56 Å². The molecule has 26 heavy (non-hydrogen) atoms. The summed E-state index contributed by atoms with van der Waals surface area (Å²) in [5.41, 5.74) is 2.52. The van der Waals surface area contributed by atoms with Crippen LogP contribution in [0.5, 0.6) is 0 Å². The molecule has 1 amide bonds. The predicted molar refractivity (Wildman–Crippen MR) is 102 cm³/mol. The molecule has 7 heteroatoms. The van der Waals surface area contributed by atoms with Gasteiger partial charge in [0.1, 0.15) is 0 Å². The molecule has 0 saturated carbocycles. The van der Waals surface area contributed by atoms with Crippen LogP contribution in [-0.2, 0) is 14.8 Å². The first kappa shape index (κ1) is 20.1. The van der Waals surface area contributed by atoms with Crippen molar-refractivity contribution in [2.75, 3.05) is 20.1 Å². The Kier molecular flexibility index (Phi) is 6.90. The molecule has 0 aromatic heterocycles. The van der Waals surface area contributed by atoms with Crippen molar-refractivity contribution in [2.24, 2.45) is 0 Å². The van der Waals surface area contributed by atoms with Gasteiger partial charge in [0.2, 0.25) is 15.9 Å². The average Bonchev–Trinajstić information content (AvgIpc) is 2.59. The summed E-state index contributed by atoms with van der Waals surface area (Å²) in [5, 5.41) is 5.64. The molecule has 140 valence electrons. The molecule has 0 bridgehead atoms. The minimum Gasteiger partial charge on any atom is -0.347 e. The lowest BCUT2D eigenvalue weighted by molar-refractivity contribution is -0.120. The number of hydrogen-bond acceptors (Lipinski definition) is 4. The van der Waals surface area contributed by atoms with E-state index in [4.69, 9.17) is 0 Å². The summed E-state index contributed by atoms with van der Waals surface area (Å²) in [7, 11) is -2.00. The third kappa shape index (κ3) is 5.39. The maximum atomic E-state index is 12.7. The number of hydrogen-bond donors (Lipinski definition) is 3. The van der Waals surface area contributed by atoms with E-state index in [0.717, 1.165) is 11.1 Å². The van der Waals surface area contributed by atoms with Crippen LogP contribution in [0.1, 0.15) is 22.7 Å². The first-order chi connectivity index (χ1) is 12.3. The van der Waals surface area contributed by atoms with Crippen molar-refractivity contribution >= 4 is 15.9 Å². The second kappa shape index (κ2) is 8.93. The molecule has 3 N–H and O–H groups in total. The van der Waals surface area contributed by atoms with Crippen LogP contribution in [0.25, 0.3) is 0 Å². The molecule has 2 aromatic rings. The molecule has 0 aliphatic rings. The summed E-state index contributed by atoms with van der Waals surface area (Å²) in [6.45, 7) is 3.91. The van der Waals surface area contributed by atoms with E-state index < -0.39 is 16.1 Å². The van der Waals surface area contributed by atoms with Gasteiger partial charge in [0.25, 0.3) is 0 Å². The van der Waals surface area contributed by atoms with Gasteiger partial charge >= 0.3 is 0 Å². The molecular weight excluding hydrogens is 350 g/mol. The highest BCUT2D eigenvalue weighted by molar-refractivity contribution is 7.89. The SMILES string of the molecule is CNCC(=O)NC(CNS(=O)(=O)c1ccc(C)cc1C)c1ccccc1. The Labute approximate surface area is 155 Å². The lowest BCUT2D eigenvalue weighted by Crippen LogP contribution is -2.40. The number of rotatable bonds is 8. The van der Waals surface area contributed by atoms with Crippen LogP contribution >= 0.6 is 0 Å². The van der Waals surface area contributed by atoms with Crippen LogP contribution in [0.2, 0.25) is 0 Å². The van der Waals surface area contributed by atoms with Crippen molar-refractivity contribution in [1.82, 2.24) is 15.4 Å². The van der Waals surface area contributed by atoms with Crippen LogP contribution in [0.15, 0.2) is 53.4 Å². The molecule has 6 nitrogen and oxygen atoms in total. The van der Waals surface area contributed by atoms with Gasteiger partial charge in [0.15, 0.2) is 0 Å². The molecule has 0 aliphatic carbocycles. The maximum Gasteiger partial charge on any atom is 0.240 e. The van der Waals surface area contributed by atoms with Crippen molar-refractivity contribution in [3.63, 3.8) is 0 Å². The number of sulfonamides is 1. The fraction of sp³-hybridized carbons (Fsp3) is 0.316. The Hall–Kier alpha value is -2.22. The number of aryl methyl sites for hydroxylation is 2. The lowest BCUT2D eigenvalue weighted by atomic mass is 10.1. The van der Waals surface area contributed by atoms with E-state index in [2.05, 4.69) is 15.4 Å². The van der Waals surface area contributed by atoms with Gasteiger partial charge in [0.05, 0.1) is 17.5 Å². The molecule has 0 radical (unpaired) electrons. The monoisotopic (exact) mass is 375 g/mol. The molecule has 2 aromatic carbocycles. The Morgan fingerprint density at radius 3 is 2.38 bits per heavy atom. The third-order valence-corrected chi connectivity index (χ3v) is 5.56.